The number of hydrogen-bond donors (Lipinski definition) is 2. The average molecular weight is 498 g/mol. The number of nitrogens with zero attached hydrogens (tertiary/aromatic N) is 4. The van der Waals surface area contributed by atoms with Gasteiger partial charge in [0.1, 0.15) is 31.1 Å². The molecule has 2 aromatic rings. The number of aryl methyl sites for hydroxylation is 1. The molecular weight excluding hydrogens is 476 g/mol. The van der Waals surface area contributed by atoms with E-state index < -0.39 is 11.7 Å². The molecule has 7 nitrogen and oxygen atoms in total. The minimum absolute atomic E-state index is 0. The highest BCUT2D eigenvalue weighted by Crippen LogP contribution is 2.30. The van der Waals surface area contributed by atoms with E-state index in [0.29, 0.717) is 31.3 Å². The Morgan fingerprint density at radius 2 is 1.93 bits per heavy atom. The molecule has 1 aromatic heterocycles. The first-order chi connectivity index (χ1) is 12.4. The third-order valence-corrected chi connectivity index (χ3v) is 3.37. The zero-order valence-corrected chi connectivity index (χ0v) is 17.3. The van der Waals surface area contributed by atoms with Gasteiger partial charge in [0, 0.05) is 13.6 Å². The van der Waals surface area contributed by atoms with Gasteiger partial charge in [-0.15, -0.1) is 24.0 Å². The fraction of sp³-hybridized carbons (Fsp3) is 0.438. The van der Waals surface area contributed by atoms with Crippen LogP contribution in [0.15, 0.2) is 35.6 Å². The number of halogens is 4. The van der Waals surface area contributed by atoms with Crippen LogP contribution >= 0.6 is 24.0 Å². The minimum atomic E-state index is -4.35. The predicted octanol–water partition coefficient (Wildman–Crippen LogP) is 2.59. The molecule has 0 unspecified atom stereocenters. The molecule has 0 fully saturated rings. The molecule has 1 heterocycles. The highest BCUT2D eigenvalue weighted by atomic mass is 127. The normalized spacial score (nSPS) is 11.7. The molecule has 0 aliphatic heterocycles. The van der Waals surface area contributed by atoms with E-state index >= 15 is 0 Å². The number of guanidine groups is 1. The van der Waals surface area contributed by atoms with E-state index in [1.165, 1.54) is 18.5 Å². The summed E-state index contributed by atoms with van der Waals surface area (Å²) < 4.78 is 44.6. The largest absolute Gasteiger partial charge is 0.492 e. The molecule has 0 aliphatic rings. The summed E-state index contributed by atoms with van der Waals surface area (Å²) in [5.41, 5.74) is -0.701. The summed E-state index contributed by atoms with van der Waals surface area (Å²) in [5, 5.41) is 10.1. The van der Waals surface area contributed by atoms with Crippen LogP contribution < -0.4 is 15.4 Å². The maximum absolute atomic E-state index is 12.5. The van der Waals surface area contributed by atoms with Crippen LogP contribution in [0.25, 0.3) is 0 Å². The highest BCUT2D eigenvalue weighted by molar-refractivity contribution is 14.0. The van der Waals surface area contributed by atoms with E-state index in [4.69, 9.17) is 4.74 Å². The summed E-state index contributed by atoms with van der Waals surface area (Å²) in [4.78, 5) is 8.48. The Kier molecular flexibility index (Phi) is 9.32. The van der Waals surface area contributed by atoms with Crippen molar-refractivity contribution in [1.29, 1.82) is 0 Å². The number of aliphatic imine (C=N–C) groups is 1. The molecule has 2 rings (SSSR count). The van der Waals surface area contributed by atoms with Gasteiger partial charge in [0.25, 0.3) is 0 Å². The number of benzene rings is 1. The van der Waals surface area contributed by atoms with Gasteiger partial charge in [0.15, 0.2) is 5.96 Å². The maximum atomic E-state index is 12.5. The Labute approximate surface area is 172 Å². The van der Waals surface area contributed by atoms with Gasteiger partial charge in [-0.05, 0) is 31.2 Å². The zero-order chi connectivity index (χ0) is 19.0. The van der Waals surface area contributed by atoms with Crippen LogP contribution in [0.1, 0.15) is 18.3 Å². The Balaban J connectivity index is 0.00000364. The lowest BCUT2D eigenvalue weighted by atomic mass is 10.2. The molecule has 0 aliphatic carbocycles. The van der Waals surface area contributed by atoms with Crippen molar-refractivity contribution in [3.8, 4) is 5.75 Å². The predicted molar refractivity (Wildman–Crippen MR) is 106 cm³/mol. The Morgan fingerprint density at radius 1 is 1.22 bits per heavy atom. The highest BCUT2D eigenvalue weighted by Gasteiger charge is 2.29. The molecule has 0 bridgehead atoms. The second-order valence-electron chi connectivity index (χ2n) is 5.29. The fourth-order valence-corrected chi connectivity index (χ4v) is 2.03. The van der Waals surface area contributed by atoms with Gasteiger partial charge in [-0.3, -0.25) is 4.68 Å². The van der Waals surface area contributed by atoms with Crippen molar-refractivity contribution in [2.45, 2.75) is 19.6 Å². The van der Waals surface area contributed by atoms with E-state index in [-0.39, 0.29) is 30.6 Å². The summed E-state index contributed by atoms with van der Waals surface area (Å²) in [6, 6.07) is 4.59. The number of hydrogen-bond acceptors (Lipinski definition) is 4. The van der Waals surface area contributed by atoms with Crippen LogP contribution in [0.5, 0.6) is 5.75 Å². The van der Waals surface area contributed by atoms with Crippen molar-refractivity contribution in [1.82, 2.24) is 25.4 Å². The monoisotopic (exact) mass is 498 g/mol. The van der Waals surface area contributed by atoms with Gasteiger partial charge >= 0.3 is 6.18 Å². The van der Waals surface area contributed by atoms with Crippen LogP contribution in [-0.2, 0) is 19.8 Å². The third kappa shape index (κ3) is 7.61. The Bertz CT molecular complexity index is 718. The lowest BCUT2D eigenvalue weighted by Crippen LogP contribution is -2.39. The topological polar surface area (TPSA) is 76.4 Å². The van der Waals surface area contributed by atoms with Crippen molar-refractivity contribution >= 4 is 29.9 Å². The SMILES string of the molecule is CCNC(=NCc1ncnn1C)NCCOc1ccc(C(F)(F)F)cc1.I. The standard InChI is InChI=1S/C16H21F3N6O.HI/c1-3-20-15(22-10-14-23-11-24-25(14)2)21-8-9-26-13-6-4-12(5-7-13)16(17,18)19;/h4-7,11H,3,8-10H2,1-2H3,(H2,20,21,22);1H. The van der Waals surface area contributed by atoms with Crippen LogP contribution in [-0.4, -0.2) is 40.4 Å². The molecule has 2 N–H and O–H groups in total. The van der Waals surface area contributed by atoms with Crippen molar-refractivity contribution in [2.75, 3.05) is 19.7 Å². The van der Waals surface area contributed by atoms with Crippen molar-refractivity contribution < 1.29 is 17.9 Å². The minimum Gasteiger partial charge on any atom is -0.492 e. The van der Waals surface area contributed by atoms with Gasteiger partial charge < -0.3 is 15.4 Å². The van der Waals surface area contributed by atoms with Crippen molar-refractivity contribution in [2.24, 2.45) is 12.0 Å². The van der Waals surface area contributed by atoms with Gasteiger partial charge in [0.2, 0.25) is 0 Å². The maximum Gasteiger partial charge on any atom is 0.416 e. The fourth-order valence-electron chi connectivity index (χ4n) is 2.03. The molecule has 1 aromatic carbocycles. The van der Waals surface area contributed by atoms with Crippen LogP contribution in [0.4, 0.5) is 13.2 Å². The molecular formula is C16H22F3IN6O. The molecule has 0 saturated heterocycles. The zero-order valence-electron chi connectivity index (χ0n) is 15.0. The van der Waals surface area contributed by atoms with Gasteiger partial charge in [-0.2, -0.15) is 18.3 Å². The van der Waals surface area contributed by atoms with E-state index in [0.717, 1.165) is 18.0 Å². The Hall–Kier alpha value is -2.05. The molecule has 0 saturated carbocycles. The van der Waals surface area contributed by atoms with Gasteiger partial charge in [-0.1, -0.05) is 0 Å². The van der Waals surface area contributed by atoms with Crippen molar-refractivity contribution in [3.63, 3.8) is 0 Å². The first-order valence-electron chi connectivity index (χ1n) is 8.05. The lowest BCUT2D eigenvalue weighted by Gasteiger charge is -2.12. The summed E-state index contributed by atoms with van der Waals surface area (Å²) in [5.74, 6) is 1.69. The third-order valence-electron chi connectivity index (χ3n) is 3.37. The van der Waals surface area contributed by atoms with Crippen molar-refractivity contribution in [3.05, 3.63) is 42.0 Å². The molecule has 11 heteroatoms. The number of ether oxygens (including phenoxy) is 1. The summed E-state index contributed by atoms with van der Waals surface area (Å²) in [6.07, 6.45) is -2.89. The van der Waals surface area contributed by atoms with Crippen LogP contribution in [0, 0.1) is 0 Å². The second kappa shape index (κ2) is 10.9. The summed E-state index contributed by atoms with van der Waals surface area (Å²) >= 11 is 0. The lowest BCUT2D eigenvalue weighted by molar-refractivity contribution is -0.137. The average Bonchev–Trinajstić information content (AvgIpc) is 3.01. The molecule has 0 radical (unpaired) electrons. The summed E-state index contributed by atoms with van der Waals surface area (Å²) in [7, 11) is 1.79. The van der Waals surface area contributed by atoms with Crippen LogP contribution in [0.2, 0.25) is 0 Å². The first kappa shape index (κ1) is 23.0. The second-order valence-corrected chi connectivity index (χ2v) is 5.29. The summed E-state index contributed by atoms with van der Waals surface area (Å²) in [6.45, 7) is 3.71. The number of nitrogens with one attached hydrogen (secondary N) is 2. The van der Waals surface area contributed by atoms with E-state index in [1.54, 1.807) is 11.7 Å². The number of aromatic nitrogens is 3. The van der Waals surface area contributed by atoms with Gasteiger partial charge in [0.05, 0.1) is 12.1 Å². The van der Waals surface area contributed by atoms with E-state index in [1.807, 2.05) is 6.92 Å². The van der Waals surface area contributed by atoms with Gasteiger partial charge in [-0.25, -0.2) is 9.98 Å². The molecule has 0 spiro atoms. The van der Waals surface area contributed by atoms with E-state index in [9.17, 15) is 13.2 Å². The molecule has 0 atom stereocenters. The Morgan fingerprint density at radius 3 is 2.48 bits per heavy atom. The smallest absolute Gasteiger partial charge is 0.416 e. The number of rotatable bonds is 7. The quantitative estimate of drug-likeness (QED) is 0.266. The first-order valence-corrected chi connectivity index (χ1v) is 8.05. The molecule has 150 valence electrons. The van der Waals surface area contributed by atoms with E-state index in [2.05, 4.69) is 25.7 Å². The number of alkyl halides is 3. The molecule has 0 amide bonds. The van der Waals surface area contributed by atoms with Crippen LogP contribution in [0.3, 0.4) is 0 Å². The molecule has 27 heavy (non-hydrogen) atoms.